The fourth-order valence-corrected chi connectivity index (χ4v) is 1.39. The number of nitrogens with two attached hydrogens (primary N) is 1. The van der Waals surface area contributed by atoms with E-state index in [1.165, 1.54) is 6.92 Å². The number of hydrogen-bond donors (Lipinski definition) is 2. The van der Waals surface area contributed by atoms with E-state index in [4.69, 9.17) is 5.73 Å². The molecule has 0 rings (SSSR count). The normalized spacial score (nSPS) is 13.2. The van der Waals surface area contributed by atoms with Gasteiger partial charge in [-0.3, -0.25) is 9.59 Å². The van der Waals surface area contributed by atoms with Crippen LogP contribution in [-0.4, -0.2) is 55.0 Å². The Morgan fingerprint density at radius 3 is 1.95 bits per heavy atom. The van der Waals surface area contributed by atoms with Gasteiger partial charge in [-0.05, 0) is 13.8 Å². The van der Waals surface area contributed by atoms with Crippen LogP contribution in [0, 0.1) is 0 Å². The van der Waals surface area contributed by atoms with Gasteiger partial charge < -0.3 is 25.1 Å². The van der Waals surface area contributed by atoms with Crippen LogP contribution in [-0.2, 0) is 28.6 Å². The predicted octanol–water partition coefficient (Wildman–Crippen LogP) is -0.874. The number of ether oxygens (including phenoxy) is 3. The van der Waals surface area contributed by atoms with Gasteiger partial charge in [0.2, 0.25) is 0 Å². The van der Waals surface area contributed by atoms with Crippen LogP contribution in [0.1, 0.15) is 26.7 Å². The molecule has 116 valence electrons. The van der Waals surface area contributed by atoms with Crippen LogP contribution < -0.4 is 5.73 Å². The Bertz CT molecular complexity index is 345. The fraction of sp³-hybridized carbons (Fsp3) is 0.750. The summed E-state index contributed by atoms with van der Waals surface area (Å²) < 4.78 is 14.0. The minimum atomic E-state index is -2.30. The van der Waals surface area contributed by atoms with E-state index in [1.54, 1.807) is 6.92 Å². The molecule has 8 nitrogen and oxygen atoms in total. The number of carbonyl (C=O) groups excluding carboxylic acids is 3. The zero-order valence-corrected chi connectivity index (χ0v) is 11.7. The van der Waals surface area contributed by atoms with Crippen molar-refractivity contribution in [3.8, 4) is 0 Å². The Morgan fingerprint density at radius 2 is 1.50 bits per heavy atom. The molecule has 0 radical (unpaired) electrons. The summed E-state index contributed by atoms with van der Waals surface area (Å²) in [4.78, 5) is 34.6. The molecular weight excluding hydrogens is 270 g/mol. The maximum Gasteiger partial charge on any atom is 0.339 e. The Hall–Kier alpha value is -1.67. The predicted molar refractivity (Wildman–Crippen MR) is 67.5 cm³/mol. The molecule has 20 heavy (non-hydrogen) atoms. The van der Waals surface area contributed by atoms with Gasteiger partial charge in [0.25, 0.3) is 0 Å². The number of carbonyl (C=O) groups is 3. The molecular formula is C12H21NO7. The Kier molecular flexibility index (Phi) is 8.49. The van der Waals surface area contributed by atoms with Crippen LogP contribution in [0.3, 0.4) is 0 Å². The second-order valence-electron chi connectivity index (χ2n) is 3.92. The molecule has 0 amide bonds. The molecule has 0 aromatic heterocycles. The van der Waals surface area contributed by atoms with Gasteiger partial charge in [-0.1, -0.05) is 0 Å². The van der Waals surface area contributed by atoms with Crippen molar-refractivity contribution in [2.24, 2.45) is 5.73 Å². The SMILES string of the molecule is CCOC(=O)CC(O)(CC(=O)OCCN)C(=O)OCC. The quantitative estimate of drug-likeness (QED) is 0.414. The third-order valence-corrected chi connectivity index (χ3v) is 2.22. The first-order valence-corrected chi connectivity index (χ1v) is 6.30. The first kappa shape index (κ1) is 18.3. The van der Waals surface area contributed by atoms with Crippen LogP contribution in [0.5, 0.6) is 0 Å². The fourth-order valence-electron chi connectivity index (χ4n) is 1.39. The molecule has 0 heterocycles. The molecule has 0 saturated heterocycles. The van der Waals surface area contributed by atoms with Crippen molar-refractivity contribution in [3.05, 3.63) is 0 Å². The second kappa shape index (κ2) is 9.27. The molecule has 0 bridgehead atoms. The highest BCUT2D eigenvalue weighted by Gasteiger charge is 2.43. The standard InChI is InChI=1S/C12H21NO7/c1-3-18-9(14)7-12(17,11(16)19-4-2)8-10(15)20-6-5-13/h17H,3-8,13H2,1-2H3. The highest BCUT2D eigenvalue weighted by molar-refractivity contribution is 5.90. The Balaban J connectivity index is 4.81. The molecule has 0 aromatic carbocycles. The lowest BCUT2D eigenvalue weighted by Gasteiger charge is -2.23. The topological polar surface area (TPSA) is 125 Å². The molecule has 1 unspecified atom stereocenters. The molecule has 1 atom stereocenters. The first-order chi connectivity index (χ1) is 9.39. The summed E-state index contributed by atoms with van der Waals surface area (Å²) in [6.07, 6.45) is -1.39. The summed E-state index contributed by atoms with van der Waals surface area (Å²) in [6.45, 7) is 3.28. The third kappa shape index (κ3) is 6.48. The van der Waals surface area contributed by atoms with E-state index >= 15 is 0 Å². The summed E-state index contributed by atoms with van der Waals surface area (Å²) in [5, 5.41) is 10.2. The highest BCUT2D eigenvalue weighted by atomic mass is 16.6. The van der Waals surface area contributed by atoms with Crippen molar-refractivity contribution >= 4 is 17.9 Å². The molecule has 3 N–H and O–H groups in total. The molecule has 8 heteroatoms. The largest absolute Gasteiger partial charge is 0.466 e. The van der Waals surface area contributed by atoms with Crippen molar-refractivity contribution < 1.29 is 33.7 Å². The van der Waals surface area contributed by atoms with Gasteiger partial charge >= 0.3 is 17.9 Å². The average Bonchev–Trinajstić information content (AvgIpc) is 2.36. The van der Waals surface area contributed by atoms with Gasteiger partial charge in [0, 0.05) is 6.54 Å². The van der Waals surface area contributed by atoms with Crippen LogP contribution in [0.2, 0.25) is 0 Å². The third-order valence-electron chi connectivity index (χ3n) is 2.22. The average molecular weight is 291 g/mol. The maximum absolute atomic E-state index is 11.7. The lowest BCUT2D eigenvalue weighted by atomic mass is 9.95. The lowest BCUT2D eigenvalue weighted by Crippen LogP contribution is -2.45. The van der Waals surface area contributed by atoms with E-state index in [0.29, 0.717) is 0 Å². The summed E-state index contributed by atoms with van der Waals surface area (Å²) in [7, 11) is 0. The van der Waals surface area contributed by atoms with Gasteiger partial charge in [-0.2, -0.15) is 0 Å². The van der Waals surface area contributed by atoms with E-state index in [9.17, 15) is 19.5 Å². The summed E-state index contributed by atoms with van der Waals surface area (Å²) in [5.74, 6) is -2.73. The minimum absolute atomic E-state index is 0.00180. The zero-order chi connectivity index (χ0) is 15.6. The smallest absolute Gasteiger partial charge is 0.339 e. The monoisotopic (exact) mass is 291 g/mol. The van der Waals surface area contributed by atoms with Crippen molar-refractivity contribution in [1.82, 2.24) is 0 Å². The molecule has 0 aromatic rings. The van der Waals surface area contributed by atoms with Crippen molar-refractivity contribution in [1.29, 1.82) is 0 Å². The number of esters is 3. The zero-order valence-electron chi connectivity index (χ0n) is 11.7. The van der Waals surface area contributed by atoms with Crippen LogP contribution in [0.4, 0.5) is 0 Å². The van der Waals surface area contributed by atoms with Crippen LogP contribution >= 0.6 is 0 Å². The van der Waals surface area contributed by atoms with Crippen molar-refractivity contribution in [3.63, 3.8) is 0 Å². The summed E-state index contributed by atoms with van der Waals surface area (Å²) >= 11 is 0. The van der Waals surface area contributed by atoms with Gasteiger partial charge in [0.15, 0.2) is 5.60 Å². The lowest BCUT2D eigenvalue weighted by molar-refractivity contribution is -0.177. The van der Waals surface area contributed by atoms with Crippen molar-refractivity contribution in [2.75, 3.05) is 26.4 Å². The summed E-state index contributed by atoms with van der Waals surface area (Å²) in [5.41, 5.74) is 2.87. The molecule has 0 aliphatic rings. The highest BCUT2D eigenvalue weighted by Crippen LogP contribution is 2.19. The van der Waals surface area contributed by atoms with Gasteiger partial charge in [-0.25, -0.2) is 4.79 Å². The van der Waals surface area contributed by atoms with Crippen LogP contribution in [0.25, 0.3) is 0 Å². The van der Waals surface area contributed by atoms with E-state index in [0.717, 1.165) is 0 Å². The van der Waals surface area contributed by atoms with E-state index < -0.39 is 36.4 Å². The number of hydrogen-bond acceptors (Lipinski definition) is 8. The molecule has 0 aliphatic carbocycles. The van der Waals surface area contributed by atoms with Gasteiger partial charge in [0.1, 0.15) is 6.61 Å². The first-order valence-electron chi connectivity index (χ1n) is 6.30. The maximum atomic E-state index is 11.7. The molecule has 0 spiro atoms. The molecule has 0 fully saturated rings. The molecule has 0 aliphatic heterocycles. The second-order valence-corrected chi connectivity index (χ2v) is 3.92. The Labute approximate surface area is 117 Å². The minimum Gasteiger partial charge on any atom is -0.466 e. The van der Waals surface area contributed by atoms with Crippen LogP contribution in [0.15, 0.2) is 0 Å². The summed E-state index contributed by atoms with van der Waals surface area (Å²) in [6, 6.07) is 0. The number of rotatable bonds is 9. The van der Waals surface area contributed by atoms with E-state index in [-0.39, 0.29) is 26.4 Å². The van der Waals surface area contributed by atoms with E-state index in [2.05, 4.69) is 14.2 Å². The van der Waals surface area contributed by atoms with E-state index in [1.807, 2.05) is 0 Å². The number of aliphatic hydroxyl groups is 1. The van der Waals surface area contributed by atoms with Gasteiger partial charge in [-0.15, -0.1) is 0 Å². The Morgan fingerprint density at radius 1 is 1.00 bits per heavy atom. The van der Waals surface area contributed by atoms with Gasteiger partial charge in [0.05, 0.1) is 26.1 Å². The van der Waals surface area contributed by atoms with Crippen molar-refractivity contribution in [2.45, 2.75) is 32.3 Å². The molecule has 0 saturated carbocycles.